The van der Waals surface area contributed by atoms with Crippen molar-refractivity contribution in [3.63, 3.8) is 0 Å². The summed E-state index contributed by atoms with van der Waals surface area (Å²) in [6.45, 7) is 6.07. The van der Waals surface area contributed by atoms with Crippen molar-refractivity contribution in [3.05, 3.63) is 0 Å². The van der Waals surface area contributed by atoms with Crippen molar-refractivity contribution in [2.45, 2.75) is 39.5 Å². The minimum absolute atomic E-state index is 0.0344. The molecule has 0 aliphatic carbocycles. The van der Waals surface area contributed by atoms with Crippen LogP contribution < -0.4 is 11.1 Å². The highest BCUT2D eigenvalue weighted by molar-refractivity contribution is 6.06. The second-order valence-corrected chi connectivity index (χ2v) is 4.84. The van der Waals surface area contributed by atoms with E-state index in [-0.39, 0.29) is 11.7 Å². The van der Waals surface area contributed by atoms with E-state index >= 15 is 0 Å². The molecule has 4 N–H and O–H groups in total. The zero-order chi connectivity index (χ0) is 16.1. The molecule has 0 aromatic carbocycles. The topological polar surface area (TPSA) is 106 Å². The van der Waals surface area contributed by atoms with Crippen LogP contribution in [0.1, 0.15) is 39.5 Å². The molecule has 0 saturated heterocycles. The molecule has 124 valence electrons. The van der Waals surface area contributed by atoms with E-state index in [1.807, 2.05) is 13.8 Å². The van der Waals surface area contributed by atoms with Gasteiger partial charge >= 0.3 is 0 Å². The standard InChI is InChI=1S/C14H29N3O4/c1-4-14(5-2,12(15)17-19)13(18)16-8-6-7-9-21-11-10-20-3/h19H,4-11H2,1-3H3,(H2,15,17)(H,16,18). The average molecular weight is 303 g/mol. The molecule has 0 atom stereocenters. The maximum Gasteiger partial charge on any atom is 0.233 e. The van der Waals surface area contributed by atoms with Crippen LogP contribution in [0, 0.1) is 5.41 Å². The van der Waals surface area contributed by atoms with E-state index in [9.17, 15) is 4.79 Å². The van der Waals surface area contributed by atoms with Crippen LogP contribution in [-0.4, -0.2) is 50.4 Å². The Hall–Kier alpha value is -1.34. The van der Waals surface area contributed by atoms with Crippen molar-refractivity contribution in [1.29, 1.82) is 0 Å². The molecular weight excluding hydrogens is 274 g/mol. The second kappa shape index (κ2) is 11.3. The van der Waals surface area contributed by atoms with Gasteiger partial charge in [0.05, 0.1) is 13.2 Å². The Bertz CT molecular complexity index is 317. The molecule has 7 nitrogen and oxygen atoms in total. The first kappa shape index (κ1) is 19.7. The number of rotatable bonds is 12. The molecule has 0 radical (unpaired) electrons. The van der Waals surface area contributed by atoms with E-state index in [4.69, 9.17) is 20.4 Å². The van der Waals surface area contributed by atoms with E-state index in [0.29, 0.717) is 39.2 Å². The van der Waals surface area contributed by atoms with Crippen molar-refractivity contribution in [2.24, 2.45) is 16.3 Å². The minimum atomic E-state index is -0.927. The molecule has 7 heteroatoms. The number of nitrogens with one attached hydrogen (secondary N) is 1. The Kier molecular flexibility index (Phi) is 10.6. The van der Waals surface area contributed by atoms with Gasteiger partial charge in [0, 0.05) is 20.3 Å². The number of nitrogens with zero attached hydrogens (tertiary/aromatic N) is 1. The van der Waals surface area contributed by atoms with Gasteiger partial charge in [-0.2, -0.15) is 0 Å². The summed E-state index contributed by atoms with van der Waals surface area (Å²) in [6, 6.07) is 0. The number of hydrogen-bond acceptors (Lipinski definition) is 5. The molecule has 0 aromatic rings. The van der Waals surface area contributed by atoms with Crippen LogP contribution in [0.3, 0.4) is 0 Å². The van der Waals surface area contributed by atoms with Crippen LogP contribution in [0.4, 0.5) is 0 Å². The van der Waals surface area contributed by atoms with Gasteiger partial charge in [-0.3, -0.25) is 4.79 Å². The lowest BCUT2D eigenvalue weighted by molar-refractivity contribution is -0.128. The minimum Gasteiger partial charge on any atom is -0.409 e. The fraction of sp³-hybridized carbons (Fsp3) is 0.857. The summed E-state index contributed by atoms with van der Waals surface area (Å²) < 4.78 is 10.2. The number of oxime groups is 1. The molecule has 0 unspecified atom stereocenters. The maximum atomic E-state index is 12.3. The number of amides is 1. The predicted octanol–water partition coefficient (Wildman–Crippen LogP) is 1.10. The normalized spacial score (nSPS) is 12.4. The molecule has 1 amide bonds. The van der Waals surface area contributed by atoms with Crippen LogP contribution in [0.2, 0.25) is 0 Å². The maximum absolute atomic E-state index is 12.3. The van der Waals surface area contributed by atoms with E-state index in [1.54, 1.807) is 7.11 Å². The zero-order valence-corrected chi connectivity index (χ0v) is 13.4. The van der Waals surface area contributed by atoms with Crippen molar-refractivity contribution in [1.82, 2.24) is 5.32 Å². The molecule has 21 heavy (non-hydrogen) atoms. The van der Waals surface area contributed by atoms with E-state index in [0.717, 1.165) is 12.8 Å². The highest BCUT2D eigenvalue weighted by atomic mass is 16.5. The first-order valence-electron chi connectivity index (χ1n) is 7.42. The SMILES string of the molecule is CCC(CC)(C(=O)NCCCCOCCOC)C(N)=NO. The number of nitrogens with two attached hydrogens (primary N) is 1. The summed E-state index contributed by atoms with van der Waals surface area (Å²) in [7, 11) is 1.63. The Labute approximate surface area is 126 Å². The van der Waals surface area contributed by atoms with Gasteiger partial charge in [0.15, 0.2) is 5.84 Å². The summed E-state index contributed by atoms with van der Waals surface area (Å²) in [5.41, 5.74) is 4.75. The Morgan fingerprint density at radius 3 is 2.43 bits per heavy atom. The molecule has 0 heterocycles. The van der Waals surface area contributed by atoms with Gasteiger partial charge in [0.2, 0.25) is 5.91 Å². The lowest BCUT2D eigenvalue weighted by Crippen LogP contribution is -2.49. The fourth-order valence-electron chi connectivity index (χ4n) is 2.09. The number of ether oxygens (including phenoxy) is 2. The molecular formula is C14H29N3O4. The Balaban J connectivity index is 4.06. The number of carbonyl (C=O) groups excluding carboxylic acids is 1. The predicted molar refractivity (Wildman–Crippen MR) is 81.4 cm³/mol. The highest BCUT2D eigenvalue weighted by Gasteiger charge is 2.39. The van der Waals surface area contributed by atoms with E-state index < -0.39 is 5.41 Å². The summed E-state index contributed by atoms with van der Waals surface area (Å²) in [6.07, 6.45) is 2.66. The molecule has 0 saturated carbocycles. The Morgan fingerprint density at radius 2 is 1.90 bits per heavy atom. The number of amidine groups is 1. The molecule has 0 aromatic heterocycles. The summed E-state index contributed by atoms with van der Waals surface area (Å²) >= 11 is 0. The fourth-order valence-corrected chi connectivity index (χ4v) is 2.09. The average Bonchev–Trinajstić information content (AvgIpc) is 2.51. The molecule has 0 rings (SSSR count). The monoisotopic (exact) mass is 303 g/mol. The number of methoxy groups -OCH3 is 1. The lowest BCUT2D eigenvalue weighted by Gasteiger charge is -2.28. The first-order chi connectivity index (χ1) is 10.1. The van der Waals surface area contributed by atoms with Gasteiger partial charge in [-0.05, 0) is 25.7 Å². The van der Waals surface area contributed by atoms with Crippen molar-refractivity contribution in [2.75, 3.05) is 33.5 Å². The lowest BCUT2D eigenvalue weighted by atomic mass is 9.80. The third kappa shape index (κ3) is 6.31. The van der Waals surface area contributed by atoms with Crippen LogP contribution in [0.25, 0.3) is 0 Å². The largest absolute Gasteiger partial charge is 0.409 e. The van der Waals surface area contributed by atoms with E-state index in [1.165, 1.54) is 0 Å². The molecule has 0 aliphatic rings. The third-order valence-corrected chi connectivity index (χ3v) is 3.67. The van der Waals surface area contributed by atoms with Crippen LogP contribution >= 0.6 is 0 Å². The molecule has 0 fully saturated rings. The quantitative estimate of drug-likeness (QED) is 0.164. The number of unbranched alkanes of at least 4 members (excludes halogenated alkanes) is 1. The van der Waals surface area contributed by atoms with Crippen molar-refractivity contribution >= 4 is 11.7 Å². The van der Waals surface area contributed by atoms with Crippen LogP contribution in [0.5, 0.6) is 0 Å². The molecule has 0 bridgehead atoms. The molecule has 0 aliphatic heterocycles. The molecule has 0 spiro atoms. The van der Waals surface area contributed by atoms with Crippen molar-refractivity contribution in [3.8, 4) is 0 Å². The highest BCUT2D eigenvalue weighted by Crippen LogP contribution is 2.26. The van der Waals surface area contributed by atoms with Gasteiger partial charge in [0.1, 0.15) is 5.41 Å². The third-order valence-electron chi connectivity index (χ3n) is 3.67. The van der Waals surface area contributed by atoms with Gasteiger partial charge in [-0.25, -0.2) is 0 Å². The van der Waals surface area contributed by atoms with E-state index in [2.05, 4.69) is 10.5 Å². The summed E-state index contributed by atoms with van der Waals surface area (Å²) in [5.74, 6) is -0.226. The van der Waals surface area contributed by atoms with Crippen LogP contribution in [-0.2, 0) is 14.3 Å². The summed E-state index contributed by atoms with van der Waals surface area (Å²) in [4.78, 5) is 12.3. The van der Waals surface area contributed by atoms with Gasteiger partial charge < -0.3 is 25.7 Å². The summed E-state index contributed by atoms with van der Waals surface area (Å²) in [5, 5.41) is 14.7. The van der Waals surface area contributed by atoms with Crippen LogP contribution in [0.15, 0.2) is 5.16 Å². The van der Waals surface area contributed by atoms with Gasteiger partial charge in [-0.1, -0.05) is 19.0 Å². The van der Waals surface area contributed by atoms with Gasteiger partial charge in [0.25, 0.3) is 0 Å². The van der Waals surface area contributed by atoms with Crippen molar-refractivity contribution < 1.29 is 19.5 Å². The number of carbonyl (C=O) groups is 1. The first-order valence-corrected chi connectivity index (χ1v) is 7.42. The Morgan fingerprint density at radius 1 is 1.24 bits per heavy atom. The smallest absolute Gasteiger partial charge is 0.233 e. The zero-order valence-electron chi connectivity index (χ0n) is 13.4. The second-order valence-electron chi connectivity index (χ2n) is 4.84. The number of hydrogen-bond donors (Lipinski definition) is 3. The van der Waals surface area contributed by atoms with Gasteiger partial charge in [-0.15, -0.1) is 0 Å².